The van der Waals surface area contributed by atoms with Gasteiger partial charge in [-0.05, 0) is 30.9 Å². The molecule has 2 nitrogen and oxygen atoms in total. The second kappa shape index (κ2) is 6.29. The first-order valence-corrected chi connectivity index (χ1v) is 8.01. The molecule has 0 fully saturated rings. The predicted octanol–water partition coefficient (Wildman–Crippen LogP) is 3.70. The largest absolute Gasteiger partial charge is 0.293 e. The summed E-state index contributed by atoms with van der Waals surface area (Å²) in [5.74, 6) is 0.490. The van der Waals surface area contributed by atoms with Crippen molar-refractivity contribution in [1.29, 1.82) is 0 Å². The van der Waals surface area contributed by atoms with Crippen molar-refractivity contribution in [2.75, 3.05) is 0 Å². The first-order valence-electron chi connectivity index (χ1n) is 6.86. The molecule has 1 aromatic rings. The van der Waals surface area contributed by atoms with Crippen LogP contribution < -0.4 is 0 Å². The van der Waals surface area contributed by atoms with Crippen LogP contribution in [0.2, 0.25) is 0 Å². The van der Waals surface area contributed by atoms with Crippen molar-refractivity contribution in [3.63, 3.8) is 0 Å². The SMILES string of the molecule is CCCC1C(=O)C(S(=O)c2ccccc2)=CC[C@H]1C. The summed E-state index contributed by atoms with van der Waals surface area (Å²) in [6, 6.07) is 9.23. The highest BCUT2D eigenvalue weighted by Gasteiger charge is 2.33. The fourth-order valence-electron chi connectivity index (χ4n) is 2.56. The van der Waals surface area contributed by atoms with Crippen LogP contribution in [0.25, 0.3) is 0 Å². The zero-order chi connectivity index (χ0) is 13.8. The van der Waals surface area contributed by atoms with Crippen molar-refractivity contribution < 1.29 is 9.00 Å². The number of rotatable bonds is 4. The van der Waals surface area contributed by atoms with Crippen molar-refractivity contribution in [2.45, 2.75) is 38.0 Å². The maximum absolute atomic E-state index is 12.5. The molecule has 3 heteroatoms. The molecule has 1 aliphatic rings. The minimum absolute atomic E-state index is 0.0395. The van der Waals surface area contributed by atoms with Gasteiger partial charge < -0.3 is 0 Å². The van der Waals surface area contributed by atoms with Gasteiger partial charge in [-0.3, -0.25) is 4.79 Å². The van der Waals surface area contributed by atoms with Crippen LogP contribution in [0.1, 0.15) is 33.1 Å². The maximum Gasteiger partial charge on any atom is 0.175 e. The molecule has 2 rings (SSSR count). The van der Waals surface area contributed by atoms with Gasteiger partial charge in [0.1, 0.15) is 0 Å². The van der Waals surface area contributed by atoms with Crippen molar-refractivity contribution in [2.24, 2.45) is 11.8 Å². The van der Waals surface area contributed by atoms with Crippen LogP contribution in [0.4, 0.5) is 0 Å². The molecule has 0 amide bonds. The van der Waals surface area contributed by atoms with E-state index >= 15 is 0 Å². The molecule has 0 aliphatic heterocycles. The molecule has 0 bridgehead atoms. The average molecular weight is 276 g/mol. The first kappa shape index (κ1) is 14.2. The second-order valence-corrected chi connectivity index (χ2v) is 6.57. The highest BCUT2D eigenvalue weighted by molar-refractivity contribution is 7.90. The van der Waals surface area contributed by atoms with Gasteiger partial charge in [0.2, 0.25) is 0 Å². The lowest BCUT2D eigenvalue weighted by Gasteiger charge is -2.26. The third-order valence-corrected chi connectivity index (χ3v) is 5.17. The monoisotopic (exact) mass is 276 g/mol. The van der Waals surface area contributed by atoms with Gasteiger partial charge in [-0.2, -0.15) is 0 Å². The predicted molar refractivity (Wildman–Crippen MR) is 78.1 cm³/mol. The van der Waals surface area contributed by atoms with E-state index in [1.165, 1.54) is 0 Å². The molecule has 0 saturated carbocycles. The van der Waals surface area contributed by atoms with Gasteiger partial charge in [-0.15, -0.1) is 0 Å². The van der Waals surface area contributed by atoms with E-state index in [-0.39, 0.29) is 11.7 Å². The highest BCUT2D eigenvalue weighted by Crippen LogP contribution is 2.32. The van der Waals surface area contributed by atoms with Gasteiger partial charge >= 0.3 is 0 Å². The molecule has 0 heterocycles. The van der Waals surface area contributed by atoms with Crippen LogP contribution >= 0.6 is 0 Å². The lowest BCUT2D eigenvalue weighted by Crippen LogP contribution is -2.28. The minimum Gasteiger partial charge on any atom is -0.293 e. The molecule has 0 aromatic heterocycles. The fourth-order valence-corrected chi connectivity index (χ4v) is 3.80. The Balaban J connectivity index is 2.25. The van der Waals surface area contributed by atoms with E-state index in [0.29, 0.717) is 15.7 Å². The Morgan fingerprint density at radius 2 is 1.95 bits per heavy atom. The minimum atomic E-state index is -1.33. The summed E-state index contributed by atoms with van der Waals surface area (Å²) in [5.41, 5.74) is 0. The van der Waals surface area contributed by atoms with Crippen LogP contribution in [-0.4, -0.2) is 9.99 Å². The van der Waals surface area contributed by atoms with Crippen molar-refractivity contribution in [1.82, 2.24) is 0 Å². The third kappa shape index (κ3) is 3.03. The number of ketones is 1. The number of Topliss-reactive ketones (excluding diaryl/α,β-unsaturated/α-hetero) is 1. The van der Waals surface area contributed by atoms with E-state index in [0.717, 1.165) is 19.3 Å². The van der Waals surface area contributed by atoms with Crippen LogP contribution in [0.15, 0.2) is 46.2 Å². The van der Waals surface area contributed by atoms with Crippen LogP contribution in [-0.2, 0) is 15.6 Å². The van der Waals surface area contributed by atoms with Gasteiger partial charge in [0.05, 0.1) is 15.7 Å². The summed E-state index contributed by atoms with van der Waals surface area (Å²) in [6.45, 7) is 4.20. The Morgan fingerprint density at radius 3 is 2.58 bits per heavy atom. The number of benzene rings is 1. The molecule has 1 aliphatic carbocycles. The Hall–Kier alpha value is -1.22. The van der Waals surface area contributed by atoms with Crippen molar-refractivity contribution in [3.05, 3.63) is 41.3 Å². The molecule has 2 unspecified atom stereocenters. The van der Waals surface area contributed by atoms with Gasteiger partial charge in [-0.25, -0.2) is 4.21 Å². The summed E-state index contributed by atoms with van der Waals surface area (Å²) in [5, 5.41) is 0. The quantitative estimate of drug-likeness (QED) is 0.840. The molecule has 0 spiro atoms. The fraction of sp³-hybridized carbons (Fsp3) is 0.438. The summed E-state index contributed by atoms with van der Waals surface area (Å²) < 4.78 is 12.5. The smallest absolute Gasteiger partial charge is 0.175 e. The number of carbonyl (C=O) groups is 1. The lowest BCUT2D eigenvalue weighted by atomic mass is 9.80. The van der Waals surface area contributed by atoms with Crippen LogP contribution in [0.3, 0.4) is 0 Å². The van der Waals surface area contributed by atoms with E-state index in [1.54, 1.807) is 0 Å². The molecule has 0 saturated heterocycles. The summed E-state index contributed by atoms with van der Waals surface area (Å²) >= 11 is 0. The number of hydrogen-bond donors (Lipinski definition) is 0. The standard InChI is InChI=1S/C16H20O2S/c1-3-7-14-12(2)10-11-15(16(14)17)19(18)13-8-5-4-6-9-13/h4-6,8-9,11-12,14H,3,7,10H2,1-2H3/t12-,14?,19?/m1/s1. The third-order valence-electron chi connectivity index (χ3n) is 3.70. The Labute approximate surface area is 117 Å². The Morgan fingerprint density at radius 1 is 1.26 bits per heavy atom. The van der Waals surface area contributed by atoms with Gasteiger partial charge in [0.15, 0.2) is 5.78 Å². The maximum atomic E-state index is 12.5. The van der Waals surface area contributed by atoms with E-state index in [9.17, 15) is 9.00 Å². The average Bonchev–Trinajstić information content (AvgIpc) is 2.44. The molecule has 3 atom stereocenters. The summed E-state index contributed by atoms with van der Waals surface area (Å²) in [6.07, 6.45) is 4.61. The molecular formula is C16H20O2S. The molecule has 0 radical (unpaired) electrons. The zero-order valence-electron chi connectivity index (χ0n) is 11.5. The highest BCUT2D eigenvalue weighted by atomic mass is 32.2. The molecular weight excluding hydrogens is 256 g/mol. The second-order valence-electron chi connectivity index (χ2n) is 5.12. The van der Waals surface area contributed by atoms with E-state index in [2.05, 4.69) is 13.8 Å². The normalized spacial score (nSPS) is 24.9. The number of hydrogen-bond acceptors (Lipinski definition) is 2. The number of allylic oxidation sites excluding steroid dienone is 2. The summed E-state index contributed by atoms with van der Waals surface area (Å²) in [4.78, 5) is 13.7. The first-order chi connectivity index (χ1) is 9.15. The van der Waals surface area contributed by atoms with Crippen molar-refractivity contribution >= 4 is 16.6 Å². The molecule has 19 heavy (non-hydrogen) atoms. The van der Waals surface area contributed by atoms with Crippen molar-refractivity contribution in [3.8, 4) is 0 Å². The summed E-state index contributed by atoms with van der Waals surface area (Å²) in [7, 11) is -1.33. The van der Waals surface area contributed by atoms with Crippen LogP contribution in [0.5, 0.6) is 0 Å². The molecule has 102 valence electrons. The molecule has 1 aromatic carbocycles. The zero-order valence-corrected chi connectivity index (χ0v) is 12.3. The number of carbonyl (C=O) groups excluding carboxylic acids is 1. The Bertz CT molecular complexity index is 505. The van der Waals surface area contributed by atoms with Crippen LogP contribution in [0, 0.1) is 11.8 Å². The molecule has 0 N–H and O–H groups in total. The van der Waals surface area contributed by atoms with Gasteiger partial charge in [0, 0.05) is 10.8 Å². The van der Waals surface area contributed by atoms with E-state index in [1.807, 2.05) is 36.4 Å². The van der Waals surface area contributed by atoms with E-state index in [4.69, 9.17) is 0 Å². The van der Waals surface area contributed by atoms with Gasteiger partial charge in [-0.1, -0.05) is 44.5 Å². The van der Waals surface area contributed by atoms with Gasteiger partial charge in [0.25, 0.3) is 0 Å². The lowest BCUT2D eigenvalue weighted by molar-refractivity contribution is -0.120. The topological polar surface area (TPSA) is 34.1 Å². The van der Waals surface area contributed by atoms with E-state index < -0.39 is 10.8 Å². The Kier molecular flexibility index (Phi) is 4.70.